The maximum Gasteiger partial charge on any atom is 0.236 e. The molecule has 1 aromatic carbocycles. The summed E-state index contributed by atoms with van der Waals surface area (Å²) in [6.45, 7) is 4.54. The average Bonchev–Trinajstić information content (AvgIpc) is 3.07. The molecule has 20 heavy (non-hydrogen) atoms. The van der Waals surface area contributed by atoms with Gasteiger partial charge in [-0.15, -0.1) is 6.58 Å². The number of nitrogens with zero attached hydrogens (tertiary/aromatic N) is 3. The fraction of sp³-hybridized carbons (Fsp3) is 0.250. The van der Waals surface area contributed by atoms with Gasteiger partial charge in [-0.1, -0.05) is 18.2 Å². The second-order valence-electron chi connectivity index (χ2n) is 5.14. The first-order valence-corrected chi connectivity index (χ1v) is 7.02. The van der Waals surface area contributed by atoms with Gasteiger partial charge in [0.05, 0.1) is 16.7 Å². The molecule has 4 heteroatoms. The second kappa shape index (κ2) is 4.34. The number of nitrogens with one attached hydrogen (secondary N) is 1. The first-order chi connectivity index (χ1) is 9.88. The van der Waals surface area contributed by atoms with E-state index in [4.69, 9.17) is 4.98 Å². The number of benzene rings is 1. The summed E-state index contributed by atoms with van der Waals surface area (Å²) in [7, 11) is 0. The van der Waals surface area contributed by atoms with Gasteiger partial charge in [0.15, 0.2) is 0 Å². The second-order valence-corrected chi connectivity index (χ2v) is 5.14. The van der Waals surface area contributed by atoms with Crippen molar-refractivity contribution < 1.29 is 0 Å². The van der Waals surface area contributed by atoms with Crippen LogP contribution < -0.4 is 5.32 Å². The van der Waals surface area contributed by atoms with E-state index in [1.807, 2.05) is 24.3 Å². The van der Waals surface area contributed by atoms with Crippen LogP contribution in [0.2, 0.25) is 0 Å². The minimum Gasteiger partial charge on any atom is -0.367 e. The number of aryl methyl sites for hydroxylation is 1. The van der Waals surface area contributed by atoms with E-state index in [2.05, 4.69) is 27.3 Å². The predicted molar refractivity (Wildman–Crippen MR) is 81.2 cm³/mol. The lowest BCUT2D eigenvalue weighted by Crippen LogP contribution is -2.09. The van der Waals surface area contributed by atoms with Crippen LogP contribution in [0, 0.1) is 0 Å². The van der Waals surface area contributed by atoms with Gasteiger partial charge >= 0.3 is 0 Å². The summed E-state index contributed by atoms with van der Waals surface area (Å²) in [5.41, 5.74) is 4.63. The van der Waals surface area contributed by atoms with E-state index < -0.39 is 0 Å². The number of para-hydroxylation sites is 2. The molecule has 2 aromatic heterocycles. The van der Waals surface area contributed by atoms with Crippen LogP contribution in [0.3, 0.4) is 0 Å². The highest BCUT2D eigenvalue weighted by Gasteiger charge is 2.21. The Bertz CT molecular complexity index is 816. The van der Waals surface area contributed by atoms with Crippen LogP contribution in [-0.4, -0.2) is 20.9 Å². The van der Waals surface area contributed by atoms with Gasteiger partial charge in [-0.05, 0) is 31.4 Å². The molecule has 0 fully saturated rings. The highest BCUT2D eigenvalue weighted by Crippen LogP contribution is 2.31. The van der Waals surface area contributed by atoms with Crippen molar-refractivity contribution in [1.29, 1.82) is 0 Å². The van der Waals surface area contributed by atoms with Crippen LogP contribution in [0.5, 0.6) is 0 Å². The summed E-state index contributed by atoms with van der Waals surface area (Å²) < 4.78 is 2.14. The summed E-state index contributed by atoms with van der Waals surface area (Å²) in [5.74, 6) is 1.93. The Balaban J connectivity index is 2.09. The van der Waals surface area contributed by atoms with E-state index in [1.54, 1.807) is 0 Å². The van der Waals surface area contributed by atoms with E-state index >= 15 is 0 Å². The number of fused-ring (bicyclic) bond motifs is 4. The Labute approximate surface area is 117 Å². The molecule has 1 aliphatic carbocycles. The summed E-state index contributed by atoms with van der Waals surface area (Å²) in [6.07, 6.45) is 5.20. The van der Waals surface area contributed by atoms with Crippen LogP contribution in [0.15, 0.2) is 36.9 Å². The van der Waals surface area contributed by atoms with E-state index in [0.29, 0.717) is 0 Å². The minimum atomic E-state index is 0.748. The van der Waals surface area contributed by atoms with Crippen molar-refractivity contribution in [2.24, 2.45) is 0 Å². The maximum atomic E-state index is 4.75. The zero-order valence-corrected chi connectivity index (χ0v) is 11.3. The van der Waals surface area contributed by atoms with Crippen molar-refractivity contribution in [3.05, 3.63) is 48.2 Å². The number of imidazole rings is 1. The van der Waals surface area contributed by atoms with Gasteiger partial charge in [-0.3, -0.25) is 4.40 Å². The number of aromatic nitrogens is 3. The third-order valence-corrected chi connectivity index (χ3v) is 3.89. The van der Waals surface area contributed by atoms with E-state index in [1.165, 1.54) is 17.7 Å². The average molecular weight is 264 g/mol. The summed E-state index contributed by atoms with van der Waals surface area (Å²) in [4.78, 5) is 9.40. The molecule has 3 aromatic rings. The largest absolute Gasteiger partial charge is 0.367 e. The molecule has 0 amide bonds. The molecular weight excluding hydrogens is 248 g/mol. The molecule has 4 rings (SSSR count). The molecule has 0 atom stereocenters. The normalized spacial score (nSPS) is 13.8. The third-order valence-electron chi connectivity index (χ3n) is 3.89. The Kier molecular flexibility index (Phi) is 2.49. The highest BCUT2D eigenvalue weighted by atomic mass is 15.2. The number of hydrogen-bond donors (Lipinski definition) is 1. The Morgan fingerprint density at radius 3 is 3.05 bits per heavy atom. The lowest BCUT2D eigenvalue weighted by Gasteiger charge is -2.12. The van der Waals surface area contributed by atoms with Crippen molar-refractivity contribution in [3.8, 4) is 0 Å². The predicted octanol–water partition coefficient (Wildman–Crippen LogP) is 2.97. The van der Waals surface area contributed by atoms with E-state index in [-0.39, 0.29) is 0 Å². The SMILES string of the molecule is C=CCNc1c2c(nc3nc4ccccc4n13)CCC2. The number of hydrogen-bond acceptors (Lipinski definition) is 3. The molecule has 0 saturated carbocycles. The van der Waals surface area contributed by atoms with Crippen molar-refractivity contribution in [3.63, 3.8) is 0 Å². The lowest BCUT2D eigenvalue weighted by molar-refractivity contribution is 0.900. The van der Waals surface area contributed by atoms with E-state index in [0.717, 1.165) is 42.0 Å². The van der Waals surface area contributed by atoms with Crippen molar-refractivity contribution in [1.82, 2.24) is 14.4 Å². The first-order valence-electron chi connectivity index (χ1n) is 7.02. The molecule has 1 aliphatic rings. The Morgan fingerprint density at radius 2 is 2.15 bits per heavy atom. The maximum absolute atomic E-state index is 4.75. The van der Waals surface area contributed by atoms with Gasteiger partial charge in [0.25, 0.3) is 0 Å². The number of anilines is 1. The van der Waals surface area contributed by atoms with Gasteiger partial charge in [-0.2, -0.15) is 0 Å². The lowest BCUT2D eigenvalue weighted by atomic mass is 10.2. The smallest absolute Gasteiger partial charge is 0.236 e. The third kappa shape index (κ3) is 1.54. The molecule has 0 unspecified atom stereocenters. The summed E-state index contributed by atoms with van der Waals surface area (Å²) in [5, 5.41) is 3.48. The molecule has 2 heterocycles. The first kappa shape index (κ1) is 11.5. The fourth-order valence-electron chi connectivity index (χ4n) is 3.03. The molecule has 0 radical (unpaired) electrons. The van der Waals surface area contributed by atoms with Crippen molar-refractivity contribution in [2.75, 3.05) is 11.9 Å². The van der Waals surface area contributed by atoms with Crippen LogP contribution in [0.4, 0.5) is 5.82 Å². The van der Waals surface area contributed by atoms with Crippen molar-refractivity contribution in [2.45, 2.75) is 19.3 Å². The molecular formula is C16H16N4. The zero-order chi connectivity index (χ0) is 13.5. The van der Waals surface area contributed by atoms with Crippen LogP contribution in [-0.2, 0) is 12.8 Å². The van der Waals surface area contributed by atoms with Gasteiger partial charge < -0.3 is 5.32 Å². The van der Waals surface area contributed by atoms with Gasteiger partial charge in [0.1, 0.15) is 5.82 Å². The molecule has 0 spiro atoms. The van der Waals surface area contributed by atoms with Crippen LogP contribution in [0.1, 0.15) is 17.7 Å². The topological polar surface area (TPSA) is 42.2 Å². The van der Waals surface area contributed by atoms with Gasteiger partial charge in [0.2, 0.25) is 5.78 Å². The van der Waals surface area contributed by atoms with Gasteiger partial charge in [-0.25, -0.2) is 9.97 Å². The molecule has 0 saturated heterocycles. The Hall–Kier alpha value is -2.36. The summed E-state index contributed by atoms with van der Waals surface area (Å²) >= 11 is 0. The van der Waals surface area contributed by atoms with E-state index in [9.17, 15) is 0 Å². The molecule has 4 nitrogen and oxygen atoms in total. The quantitative estimate of drug-likeness (QED) is 0.739. The van der Waals surface area contributed by atoms with Crippen LogP contribution in [0.25, 0.3) is 16.8 Å². The fourth-order valence-corrected chi connectivity index (χ4v) is 3.03. The summed E-state index contributed by atoms with van der Waals surface area (Å²) in [6, 6.07) is 8.18. The molecule has 0 aliphatic heterocycles. The monoisotopic (exact) mass is 264 g/mol. The molecule has 100 valence electrons. The molecule has 1 N–H and O–H groups in total. The van der Waals surface area contributed by atoms with Crippen molar-refractivity contribution >= 4 is 22.6 Å². The molecule has 0 bridgehead atoms. The van der Waals surface area contributed by atoms with Gasteiger partial charge in [0, 0.05) is 12.1 Å². The highest BCUT2D eigenvalue weighted by molar-refractivity contribution is 5.82. The zero-order valence-electron chi connectivity index (χ0n) is 11.3. The Morgan fingerprint density at radius 1 is 1.25 bits per heavy atom. The minimum absolute atomic E-state index is 0.748. The number of rotatable bonds is 3. The van der Waals surface area contributed by atoms with Crippen LogP contribution >= 0.6 is 0 Å². The standard InChI is InChI=1S/C16H16N4/c1-2-10-17-15-11-6-5-8-12(11)18-16-19-13-7-3-4-9-14(13)20(15)16/h2-4,7,9,17H,1,5-6,8,10H2.